The number of alkyl halides is 2. The molecule has 0 spiro atoms. The Labute approximate surface area is 113 Å². The normalized spacial score (nSPS) is 45.6. The van der Waals surface area contributed by atoms with E-state index in [0.29, 0.717) is 0 Å². The van der Waals surface area contributed by atoms with E-state index in [9.17, 15) is 5.11 Å². The number of halogens is 4. The Balaban J connectivity index is 2.70. The second-order valence-electron chi connectivity index (χ2n) is 3.89. The lowest BCUT2D eigenvalue weighted by Crippen LogP contribution is -2.57. The highest BCUT2D eigenvalue weighted by atomic mass is 35.5. The molecule has 0 heterocycles. The summed E-state index contributed by atoms with van der Waals surface area (Å²) in [5, 5.41) is 10.2. The number of hydrogen-bond donors (Lipinski definition) is 1. The molecule has 0 amide bonds. The first kappa shape index (κ1) is 13.2. The molecule has 2 aliphatic carbocycles. The van der Waals surface area contributed by atoms with Gasteiger partial charge in [0.1, 0.15) is 4.87 Å². The zero-order valence-corrected chi connectivity index (χ0v) is 11.6. The summed E-state index contributed by atoms with van der Waals surface area (Å²) in [6, 6.07) is 0. The van der Waals surface area contributed by atoms with Crippen molar-refractivity contribution in [2.24, 2.45) is 0 Å². The Morgan fingerprint density at radius 2 is 1.69 bits per heavy atom. The molecule has 0 aromatic rings. The van der Waals surface area contributed by atoms with Crippen molar-refractivity contribution in [3.8, 4) is 0 Å². The molecule has 0 aromatic carbocycles. The minimum absolute atomic E-state index is 0.0771. The highest BCUT2D eigenvalue weighted by Gasteiger charge is 2.81. The van der Waals surface area contributed by atoms with E-state index in [1.165, 1.54) is 14.2 Å². The Bertz CT molecular complexity index is 368. The average Bonchev–Trinajstić information content (AvgIpc) is 2.50. The molecule has 2 bridgehead atoms. The van der Waals surface area contributed by atoms with Gasteiger partial charge in [-0.25, -0.2) is 0 Å². The molecule has 2 rings (SSSR count). The van der Waals surface area contributed by atoms with Gasteiger partial charge in [-0.05, 0) is 0 Å². The molecule has 3 atom stereocenters. The van der Waals surface area contributed by atoms with Gasteiger partial charge in [0.05, 0.1) is 16.2 Å². The van der Waals surface area contributed by atoms with Gasteiger partial charge in [0.15, 0.2) is 4.87 Å². The van der Waals surface area contributed by atoms with Crippen molar-refractivity contribution >= 4 is 46.4 Å². The van der Waals surface area contributed by atoms with Crippen LogP contribution in [-0.2, 0) is 9.47 Å². The van der Waals surface area contributed by atoms with Crippen molar-refractivity contribution in [1.82, 2.24) is 0 Å². The van der Waals surface area contributed by atoms with Gasteiger partial charge in [0.2, 0.25) is 5.79 Å². The molecule has 1 fully saturated rings. The van der Waals surface area contributed by atoms with E-state index in [-0.39, 0.29) is 16.5 Å². The maximum Gasteiger partial charge on any atom is 0.219 e. The summed E-state index contributed by atoms with van der Waals surface area (Å²) in [6.45, 7) is 0. The Morgan fingerprint density at radius 3 is 2.00 bits per heavy atom. The first-order chi connectivity index (χ1) is 7.31. The number of hydrogen-bond acceptors (Lipinski definition) is 3. The van der Waals surface area contributed by atoms with Crippen LogP contribution in [0.5, 0.6) is 0 Å². The van der Waals surface area contributed by atoms with Crippen LogP contribution in [0.1, 0.15) is 6.42 Å². The first-order valence-corrected chi connectivity index (χ1v) is 6.05. The third-order valence-electron chi connectivity index (χ3n) is 3.37. The van der Waals surface area contributed by atoms with Gasteiger partial charge in [-0.1, -0.05) is 23.2 Å². The van der Waals surface area contributed by atoms with E-state index in [4.69, 9.17) is 55.9 Å². The Morgan fingerprint density at radius 1 is 1.19 bits per heavy atom. The second-order valence-corrected chi connectivity index (χ2v) is 5.88. The van der Waals surface area contributed by atoms with Crippen LogP contribution in [-0.4, -0.2) is 41.0 Å². The van der Waals surface area contributed by atoms with Crippen molar-refractivity contribution in [1.29, 1.82) is 0 Å². The largest absolute Gasteiger partial charge is 0.391 e. The molecule has 0 unspecified atom stereocenters. The van der Waals surface area contributed by atoms with Crippen LogP contribution in [0.2, 0.25) is 0 Å². The minimum atomic E-state index is -1.46. The van der Waals surface area contributed by atoms with Gasteiger partial charge in [0, 0.05) is 20.6 Å². The lowest BCUT2D eigenvalue weighted by Gasteiger charge is -2.40. The van der Waals surface area contributed by atoms with E-state index in [1.807, 2.05) is 0 Å². The van der Waals surface area contributed by atoms with Gasteiger partial charge in [-0.2, -0.15) is 0 Å². The van der Waals surface area contributed by atoms with Crippen molar-refractivity contribution in [2.75, 3.05) is 14.2 Å². The fraction of sp³-hybridized carbons (Fsp3) is 0.778. The quantitative estimate of drug-likeness (QED) is 0.629. The molecule has 0 aromatic heterocycles. The highest BCUT2D eigenvalue weighted by molar-refractivity contribution is 6.52. The van der Waals surface area contributed by atoms with Gasteiger partial charge >= 0.3 is 0 Å². The molecule has 1 N–H and O–H groups in total. The third-order valence-corrected chi connectivity index (χ3v) is 5.94. The molecule has 0 aliphatic heterocycles. The van der Waals surface area contributed by atoms with Crippen LogP contribution in [0.3, 0.4) is 0 Å². The van der Waals surface area contributed by atoms with Crippen molar-refractivity contribution in [3.63, 3.8) is 0 Å². The van der Waals surface area contributed by atoms with Gasteiger partial charge < -0.3 is 14.6 Å². The molecular formula is C9H10Cl4O3. The number of ether oxygens (including phenoxy) is 2. The molecule has 2 aliphatic rings. The highest BCUT2D eigenvalue weighted by Crippen LogP contribution is 2.69. The summed E-state index contributed by atoms with van der Waals surface area (Å²) in [5.74, 6) is -1.46. The minimum Gasteiger partial charge on any atom is -0.391 e. The van der Waals surface area contributed by atoms with Crippen LogP contribution >= 0.6 is 46.4 Å². The predicted octanol–water partition coefficient (Wildman–Crippen LogP) is 2.40. The van der Waals surface area contributed by atoms with E-state index < -0.39 is 21.6 Å². The smallest absolute Gasteiger partial charge is 0.219 e. The molecule has 3 nitrogen and oxygen atoms in total. The zero-order valence-electron chi connectivity index (χ0n) is 8.56. The fourth-order valence-corrected chi connectivity index (χ4v) is 4.55. The number of rotatable bonds is 2. The van der Waals surface area contributed by atoms with Crippen molar-refractivity contribution in [2.45, 2.75) is 28.1 Å². The maximum atomic E-state index is 9.98. The van der Waals surface area contributed by atoms with E-state index in [2.05, 4.69) is 0 Å². The molecule has 0 saturated heterocycles. The summed E-state index contributed by atoms with van der Waals surface area (Å²) in [7, 11) is 2.77. The second kappa shape index (κ2) is 3.64. The van der Waals surface area contributed by atoms with Crippen molar-refractivity contribution in [3.05, 3.63) is 10.1 Å². The lowest BCUT2D eigenvalue weighted by atomic mass is 10.0. The maximum absolute atomic E-state index is 9.98. The average molecular weight is 308 g/mol. The first-order valence-electron chi connectivity index (χ1n) is 4.54. The van der Waals surface area contributed by atoms with Crippen molar-refractivity contribution < 1.29 is 14.6 Å². The third kappa shape index (κ3) is 1.05. The molecule has 92 valence electrons. The van der Waals surface area contributed by atoms with Gasteiger partial charge in [-0.3, -0.25) is 0 Å². The molecular weight excluding hydrogens is 298 g/mol. The summed E-state index contributed by atoms with van der Waals surface area (Å²) in [5.41, 5.74) is 0. The van der Waals surface area contributed by atoms with Crippen LogP contribution in [0, 0.1) is 0 Å². The number of methoxy groups -OCH3 is 2. The lowest BCUT2D eigenvalue weighted by molar-refractivity contribution is -0.220. The standard InChI is InChI=1S/C9H10Cl4O3/c1-15-9(16-2)7(12)3-4(14)8(9,13)6(11)5(7)10/h4,14H,3H2,1-2H3/t4-,7+,8-/m0/s1. The SMILES string of the molecule is COC1(OC)[C@@]2(Cl)C[C@H](O)[C@]1(Cl)C(Cl)=C2Cl. The van der Waals surface area contributed by atoms with E-state index in [0.717, 1.165) is 0 Å². The van der Waals surface area contributed by atoms with Gasteiger partial charge in [0.25, 0.3) is 0 Å². The number of aliphatic hydroxyl groups excluding tert-OH is 1. The summed E-state index contributed by atoms with van der Waals surface area (Å²) in [6.07, 6.45) is -0.865. The van der Waals surface area contributed by atoms with Crippen LogP contribution in [0.15, 0.2) is 10.1 Å². The topological polar surface area (TPSA) is 38.7 Å². The summed E-state index contributed by atoms with van der Waals surface area (Å²) in [4.78, 5) is -2.72. The molecule has 16 heavy (non-hydrogen) atoms. The summed E-state index contributed by atoms with van der Waals surface area (Å²) >= 11 is 24.8. The summed E-state index contributed by atoms with van der Waals surface area (Å²) < 4.78 is 10.6. The van der Waals surface area contributed by atoms with Crippen LogP contribution < -0.4 is 0 Å². The zero-order chi connectivity index (χ0) is 12.4. The number of aliphatic hydroxyl groups is 1. The Kier molecular flexibility index (Phi) is 3.01. The van der Waals surface area contributed by atoms with Crippen LogP contribution in [0.4, 0.5) is 0 Å². The monoisotopic (exact) mass is 306 g/mol. The molecule has 7 heteroatoms. The van der Waals surface area contributed by atoms with E-state index >= 15 is 0 Å². The van der Waals surface area contributed by atoms with Crippen LogP contribution in [0.25, 0.3) is 0 Å². The number of fused-ring (bicyclic) bond motifs is 2. The van der Waals surface area contributed by atoms with E-state index in [1.54, 1.807) is 0 Å². The van der Waals surface area contributed by atoms with Gasteiger partial charge in [-0.15, -0.1) is 23.2 Å². The molecule has 1 saturated carbocycles. The Hall–Kier alpha value is 0.780. The molecule has 0 radical (unpaired) electrons. The fourth-order valence-electron chi connectivity index (χ4n) is 2.61. The predicted molar refractivity (Wildman–Crippen MR) is 63.3 cm³/mol.